The monoisotopic (exact) mass is 287 g/mol. The van der Waals surface area contributed by atoms with Crippen molar-refractivity contribution in [3.63, 3.8) is 0 Å². The normalized spacial score (nSPS) is 44.2. The molecule has 3 nitrogen and oxygen atoms in total. The molecule has 1 saturated heterocycles. The van der Waals surface area contributed by atoms with Crippen LogP contribution in [0.25, 0.3) is 0 Å². The summed E-state index contributed by atoms with van der Waals surface area (Å²) in [7, 11) is 0. The predicted molar refractivity (Wildman–Crippen MR) is 83.8 cm³/mol. The minimum atomic E-state index is -0.211. The van der Waals surface area contributed by atoms with E-state index in [4.69, 9.17) is 0 Å². The molecule has 3 aliphatic carbocycles. The van der Waals surface area contributed by atoms with Gasteiger partial charge in [0.25, 0.3) is 0 Å². The summed E-state index contributed by atoms with van der Waals surface area (Å²) in [6.45, 7) is 1.30. The molecule has 0 aromatic heterocycles. The van der Waals surface area contributed by atoms with E-state index in [9.17, 15) is 5.26 Å². The zero-order valence-electron chi connectivity index (χ0n) is 13.2. The van der Waals surface area contributed by atoms with Gasteiger partial charge in [0, 0.05) is 18.1 Å². The van der Waals surface area contributed by atoms with Crippen molar-refractivity contribution in [3.8, 4) is 6.07 Å². The van der Waals surface area contributed by atoms with E-state index in [2.05, 4.69) is 16.3 Å². The minimum Gasteiger partial charge on any atom is -0.297 e. The highest BCUT2D eigenvalue weighted by atomic mass is 15.2. The second-order valence-corrected chi connectivity index (χ2v) is 8.00. The first-order valence-electron chi connectivity index (χ1n) is 9.24. The Morgan fingerprint density at radius 2 is 1.86 bits per heavy atom. The van der Waals surface area contributed by atoms with E-state index in [-0.39, 0.29) is 5.54 Å². The topological polar surface area (TPSA) is 39.1 Å². The highest BCUT2D eigenvalue weighted by Crippen LogP contribution is 2.42. The molecule has 21 heavy (non-hydrogen) atoms. The SMILES string of the molecule is N#CC1(NC2CC2)CCCC(N2CCC3CCCCC32)C1. The number of hydrogen-bond donors (Lipinski definition) is 1. The Morgan fingerprint density at radius 1 is 1.00 bits per heavy atom. The molecule has 1 heterocycles. The van der Waals surface area contributed by atoms with Crippen LogP contribution >= 0.6 is 0 Å². The van der Waals surface area contributed by atoms with Crippen LogP contribution in [0.3, 0.4) is 0 Å². The lowest BCUT2D eigenvalue weighted by molar-refractivity contribution is 0.0830. The van der Waals surface area contributed by atoms with Crippen LogP contribution in [0.5, 0.6) is 0 Å². The van der Waals surface area contributed by atoms with E-state index in [1.165, 1.54) is 64.3 Å². The molecule has 0 aromatic rings. The summed E-state index contributed by atoms with van der Waals surface area (Å²) in [5.41, 5.74) is -0.211. The average Bonchev–Trinajstić information content (AvgIpc) is 3.23. The largest absolute Gasteiger partial charge is 0.297 e. The van der Waals surface area contributed by atoms with Gasteiger partial charge in [0.1, 0.15) is 5.54 Å². The van der Waals surface area contributed by atoms with Crippen LogP contribution in [0.1, 0.15) is 70.6 Å². The predicted octanol–water partition coefficient (Wildman–Crippen LogP) is 3.21. The smallest absolute Gasteiger partial charge is 0.108 e. The standard InChI is InChI=1S/C18H29N3/c19-13-18(20-15-7-8-15)10-3-5-16(12-18)21-11-9-14-4-1-2-6-17(14)21/h14-17,20H,1-12H2. The van der Waals surface area contributed by atoms with Crippen molar-refractivity contribution < 1.29 is 0 Å². The van der Waals surface area contributed by atoms with Gasteiger partial charge in [0.2, 0.25) is 0 Å². The number of likely N-dealkylation sites (tertiary alicyclic amines) is 1. The molecule has 4 unspecified atom stereocenters. The maximum Gasteiger partial charge on any atom is 0.108 e. The second kappa shape index (κ2) is 5.56. The highest BCUT2D eigenvalue weighted by molar-refractivity contribution is 5.14. The summed E-state index contributed by atoms with van der Waals surface area (Å²) in [6.07, 6.45) is 14.4. The van der Waals surface area contributed by atoms with Gasteiger partial charge >= 0.3 is 0 Å². The van der Waals surface area contributed by atoms with Crippen LogP contribution in [0.2, 0.25) is 0 Å². The zero-order valence-corrected chi connectivity index (χ0v) is 13.2. The molecule has 116 valence electrons. The third kappa shape index (κ3) is 2.73. The zero-order chi connectivity index (χ0) is 14.3. The molecule has 4 atom stereocenters. The van der Waals surface area contributed by atoms with Crippen LogP contribution in [0.4, 0.5) is 0 Å². The quantitative estimate of drug-likeness (QED) is 0.866. The van der Waals surface area contributed by atoms with Crippen molar-refractivity contribution in [3.05, 3.63) is 0 Å². The van der Waals surface area contributed by atoms with Gasteiger partial charge in [0.05, 0.1) is 6.07 Å². The van der Waals surface area contributed by atoms with E-state index in [1.807, 2.05) is 0 Å². The molecule has 4 fully saturated rings. The summed E-state index contributed by atoms with van der Waals surface area (Å²) >= 11 is 0. The number of nitrogens with zero attached hydrogens (tertiary/aromatic N) is 2. The van der Waals surface area contributed by atoms with Gasteiger partial charge in [-0.25, -0.2) is 0 Å². The van der Waals surface area contributed by atoms with E-state index < -0.39 is 0 Å². The fourth-order valence-electron chi connectivity index (χ4n) is 5.31. The Kier molecular flexibility index (Phi) is 3.71. The molecule has 1 aliphatic heterocycles. The summed E-state index contributed by atoms with van der Waals surface area (Å²) in [6, 6.07) is 4.83. The molecule has 0 radical (unpaired) electrons. The van der Waals surface area contributed by atoms with Crippen molar-refractivity contribution in [2.45, 2.75) is 94.3 Å². The lowest BCUT2D eigenvalue weighted by atomic mass is 9.78. The van der Waals surface area contributed by atoms with Gasteiger partial charge in [0.15, 0.2) is 0 Å². The van der Waals surface area contributed by atoms with Crippen LogP contribution < -0.4 is 5.32 Å². The van der Waals surface area contributed by atoms with Gasteiger partial charge in [-0.2, -0.15) is 5.26 Å². The molecule has 0 bridgehead atoms. The molecule has 1 N–H and O–H groups in total. The Labute approximate surface area is 129 Å². The van der Waals surface area contributed by atoms with Crippen molar-refractivity contribution in [2.75, 3.05) is 6.54 Å². The van der Waals surface area contributed by atoms with Crippen LogP contribution in [-0.4, -0.2) is 35.1 Å². The van der Waals surface area contributed by atoms with Crippen molar-refractivity contribution >= 4 is 0 Å². The first-order valence-corrected chi connectivity index (χ1v) is 9.24. The fraction of sp³-hybridized carbons (Fsp3) is 0.944. The lowest BCUT2D eigenvalue weighted by Crippen LogP contribution is -2.54. The number of nitrogens with one attached hydrogen (secondary N) is 1. The van der Waals surface area contributed by atoms with E-state index >= 15 is 0 Å². The first kappa shape index (κ1) is 14.0. The number of fused-ring (bicyclic) bond motifs is 1. The van der Waals surface area contributed by atoms with Gasteiger partial charge in [-0.1, -0.05) is 12.8 Å². The van der Waals surface area contributed by atoms with Gasteiger partial charge in [-0.15, -0.1) is 0 Å². The van der Waals surface area contributed by atoms with Crippen LogP contribution in [0, 0.1) is 17.2 Å². The highest BCUT2D eigenvalue weighted by Gasteiger charge is 2.45. The van der Waals surface area contributed by atoms with Crippen molar-refractivity contribution in [1.82, 2.24) is 10.2 Å². The van der Waals surface area contributed by atoms with E-state index in [1.54, 1.807) is 0 Å². The average molecular weight is 287 g/mol. The van der Waals surface area contributed by atoms with Gasteiger partial charge in [-0.05, 0) is 70.3 Å². The summed E-state index contributed by atoms with van der Waals surface area (Å²) in [5.74, 6) is 0.966. The van der Waals surface area contributed by atoms with Crippen LogP contribution in [0.15, 0.2) is 0 Å². The van der Waals surface area contributed by atoms with Crippen molar-refractivity contribution in [1.29, 1.82) is 5.26 Å². The molecule has 0 amide bonds. The van der Waals surface area contributed by atoms with E-state index in [0.717, 1.165) is 24.8 Å². The van der Waals surface area contributed by atoms with Gasteiger partial charge in [-0.3, -0.25) is 10.2 Å². The molecule has 0 spiro atoms. The first-order chi connectivity index (χ1) is 10.3. The molecular formula is C18H29N3. The van der Waals surface area contributed by atoms with Crippen LogP contribution in [-0.2, 0) is 0 Å². The summed E-state index contributed by atoms with van der Waals surface area (Å²) in [4.78, 5) is 2.82. The molecule has 3 heteroatoms. The summed E-state index contributed by atoms with van der Waals surface area (Å²) < 4.78 is 0. The van der Waals surface area contributed by atoms with Gasteiger partial charge < -0.3 is 0 Å². The Hall–Kier alpha value is -0.590. The Bertz CT molecular complexity index is 425. The number of nitriles is 1. The molecule has 4 rings (SSSR count). The lowest BCUT2D eigenvalue weighted by Gasteiger charge is -2.44. The summed E-state index contributed by atoms with van der Waals surface area (Å²) in [5, 5.41) is 13.5. The Morgan fingerprint density at radius 3 is 2.67 bits per heavy atom. The molecule has 0 aromatic carbocycles. The molecular weight excluding hydrogens is 258 g/mol. The fourth-order valence-corrected chi connectivity index (χ4v) is 5.31. The van der Waals surface area contributed by atoms with E-state index in [0.29, 0.717) is 12.1 Å². The van der Waals surface area contributed by atoms with Crippen molar-refractivity contribution in [2.24, 2.45) is 5.92 Å². The number of rotatable bonds is 3. The molecule has 4 aliphatic rings. The maximum atomic E-state index is 9.78. The molecule has 3 saturated carbocycles. The number of hydrogen-bond acceptors (Lipinski definition) is 3. The Balaban J connectivity index is 1.46. The second-order valence-electron chi connectivity index (χ2n) is 8.00. The maximum absolute atomic E-state index is 9.78. The third-order valence-electron chi connectivity index (χ3n) is 6.52. The minimum absolute atomic E-state index is 0.211. The third-order valence-corrected chi connectivity index (χ3v) is 6.52.